The third-order valence-electron chi connectivity index (χ3n) is 3.73. The lowest BCUT2D eigenvalue weighted by molar-refractivity contribution is -0.134. The van der Waals surface area contributed by atoms with Gasteiger partial charge in [-0.25, -0.2) is 4.79 Å². The smallest absolute Gasteiger partial charge is 0.330 e. The summed E-state index contributed by atoms with van der Waals surface area (Å²) in [5.74, 6) is -2.03. The molecule has 0 unspecified atom stereocenters. The van der Waals surface area contributed by atoms with Crippen LogP contribution in [-0.4, -0.2) is 29.5 Å². The van der Waals surface area contributed by atoms with Gasteiger partial charge in [0.2, 0.25) is 0 Å². The van der Waals surface area contributed by atoms with Gasteiger partial charge in [-0.2, -0.15) is 0 Å². The minimum atomic E-state index is -0.658. The number of carbonyl (C=O) groups excluding carboxylic acids is 3. The Morgan fingerprint density at radius 1 is 1.20 bits per heavy atom. The van der Waals surface area contributed by atoms with Crippen LogP contribution in [0.15, 0.2) is 41.2 Å². The number of rotatable bonds is 3. The van der Waals surface area contributed by atoms with Gasteiger partial charge < -0.3 is 10.5 Å². The molecule has 126 valence electrons. The first-order valence-electron chi connectivity index (χ1n) is 7.20. The van der Waals surface area contributed by atoms with Crippen LogP contribution in [0.25, 0.3) is 11.8 Å². The lowest BCUT2D eigenvalue weighted by atomic mass is 10.1. The van der Waals surface area contributed by atoms with Crippen molar-refractivity contribution in [3.8, 4) is 5.69 Å². The first-order chi connectivity index (χ1) is 11.9. The molecule has 0 radical (unpaired) electrons. The van der Waals surface area contributed by atoms with E-state index >= 15 is 0 Å². The maximum atomic E-state index is 12.5. The number of esters is 1. The molecule has 25 heavy (non-hydrogen) atoms. The molecule has 0 aliphatic carbocycles. The number of nitrogen functional groups attached to an aromatic ring is 1. The predicted octanol–water partition coefficient (Wildman–Crippen LogP) is 0.489. The highest BCUT2D eigenvalue weighted by atomic mass is 16.5. The number of ether oxygens (including phenoxy) is 1. The normalized spacial score (nSPS) is 13.0. The number of amides is 2. The van der Waals surface area contributed by atoms with Crippen LogP contribution < -0.4 is 16.6 Å². The predicted molar refractivity (Wildman–Crippen MR) is 89.3 cm³/mol. The van der Waals surface area contributed by atoms with Crippen LogP contribution in [0.1, 0.15) is 26.3 Å². The van der Waals surface area contributed by atoms with E-state index in [4.69, 9.17) is 5.73 Å². The molecule has 3 N–H and O–H groups in total. The van der Waals surface area contributed by atoms with Crippen molar-refractivity contribution >= 4 is 29.7 Å². The molecule has 0 atom stereocenters. The van der Waals surface area contributed by atoms with Gasteiger partial charge in [-0.05, 0) is 17.7 Å². The number of fused-ring (bicyclic) bond motifs is 1. The maximum Gasteiger partial charge on any atom is 0.330 e. The topological polar surface area (TPSA) is 120 Å². The number of nitrogens with two attached hydrogens (primary N) is 1. The van der Waals surface area contributed by atoms with Crippen LogP contribution in [-0.2, 0) is 9.53 Å². The number of benzene rings is 1. The van der Waals surface area contributed by atoms with Crippen LogP contribution in [0.5, 0.6) is 0 Å². The Labute approximate surface area is 141 Å². The Balaban J connectivity index is 2.23. The van der Waals surface area contributed by atoms with E-state index < -0.39 is 23.3 Å². The van der Waals surface area contributed by atoms with Gasteiger partial charge in [-0.3, -0.25) is 24.3 Å². The van der Waals surface area contributed by atoms with Crippen molar-refractivity contribution in [3.63, 3.8) is 0 Å². The largest absolute Gasteiger partial charge is 0.466 e. The Bertz CT molecular complexity index is 1000. The molecule has 0 spiro atoms. The summed E-state index contributed by atoms with van der Waals surface area (Å²) < 4.78 is 5.66. The summed E-state index contributed by atoms with van der Waals surface area (Å²) in [6.07, 6.45) is 2.66. The molecule has 8 nitrogen and oxygen atoms in total. The van der Waals surface area contributed by atoms with E-state index in [1.807, 2.05) is 0 Å². The zero-order chi connectivity index (χ0) is 18.1. The average molecular weight is 339 g/mol. The monoisotopic (exact) mass is 339 g/mol. The van der Waals surface area contributed by atoms with Crippen molar-refractivity contribution in [2.75, 3.05) is 12.8 Å². The Morgan fingerprint density at radius 3 is 2.64 bits per heavy atom. The molecule has 1 aromatic carbocycles. The van der Waals surface area contributed by atoms with Gasteiger partial charge in [0, 0.05) is 12.1 Å². The summed E-state index contributed by atoms with van der Waals surface area (Å²) in [7, 11) is 1.25. The molecule has 3 rings (SSSR count). The number of nitrogens with zero attached hydrogens (tertiary/aromatic N) is 1. The number of hydrogen-bond acceptors (Lipinski definition) is 6. The quantitative estimate of drug-likeness (QED) is 0.477. The fraction of sp³-hybridized carbons (Fsp3) is 0.0588. The molecule has 8 heteroatoms. The molecule has 0 saturated heterocycles. The van der Waals surface area contributed by atoms with Crippen LogP contribution >= 0.6 is 0 Å². The van der Waals surface area contributed by atoms with E-state index in [0.29, 0.717) is 11.3 Å². The van der Waals surface area contributed by atoms with E-state index in [9.17, 15) is 19.2 Å². The van der Waals surface area contributed by atoms with Gasteiger partial charge in [-0.15, -0.1) is 0 Å². The second-order valence-electron chi connectivity index (χ2n) is 5.19. The highest BCUT2D eigenvalue weighted by molar-refractivity contribution is 6.23. The van der Waals surface area contributed by atoms with Crippen molar-refractivity contribution in [3.05, 3.63) is 63.5 Å². The minimum Gasteiger partial charge on any atom is -0.466 e. The third-order valence-corrected chi connectivity index (χ3v) is 3.73. The fourth-order valence-electron chi connectivity index (χ4n) is 2.59. The number of pyridine rings is 1. The number of aromatic nitrogens is 1. The second-order valence-corrected chi connectivity index (χ2v) is 5.19. The minimum absolute atomic E-state index is 0.0450. The van der Waals surface area contributed by atoms with Crippen molar-refractivity contribution in [2.45, 2.75) is 0 Å². The molecule has 0 bridgehead atoms. The molecule has 2 aromatic rings. The number of imide groups is 1. The number of anilines is 1. The summed E-state index contributed by atoms with van der Waals surface area (Å²) >= 11 is 0. The Hall–Kier alpha value is -3.68. The highest BCUT2D eigenvalue weighted by Gasteiger charge is 2.32. The molecule has 1 aliphatic rings. The number of methoxy groups -OCH3 is 1. The number of para-hydroxylation sites is 1. The standard InChI is InChI=1S/C17H13N3O5/c1-25-13(22)7-6-9-4-2-3-5-11(9)20-12(21)8-10-14(15(20)18)17(24)19-16(10)23/h2-8H,18H2,1H3,(H,19,23,24). The van der Waals surface area contributed by atoms with E-state index in [1.165, 1.54) is 19.3 Å². The van der Waals surface area contributed by atoms with Gasteiger partial charge in [-0.1, -0.05) is 18.2 Å². The lowest BCUT2D eigenvalue weighted by Crippen LogP contribution is -2.24. The summed E-state index contributed by atoms with van der Waals surface area (Å²) in [6, 6.07) is 7.72. The molecule has 2 heterocycles. The van der Waals surface area contributed by atoms with E-state index in [1.54, 1.807) is 24.3 Å². The van der Waals surface area contributed by atoms with Crippen LogP contribution in [0.3, 0.4) is 0 Å². The van der Waals surface area contributed by atoms with Crippen molar-refractivity contribution < 1.29 is 19.1 Å². The summed E-state index contributed by atoms with van der Waals surface area (Å²) in [4.78, 5) is 47.4. The molecular weight excluding hydrogens is 326 g/mol. The summed E-state index contributed by atoms with van der Waals surface area (Å²) in [5, 5.41) is 2.11. The van der Waals surface area contributed by atoms with E-state index in [-0.39, 0.29) is 16.9 Å². The lowest BCUT2D eigenvalue weighted by Gasteiger charge is -2.14. The van der Waals surface area contributed by atoms with Crippen molar-refractivity contribution in [2.24, 2.45) is 0 Å². The van der Waals surface area contributed by atoms with E-state index in [2.05, 4.69) is 10.1 Å². The summed E-state index contributed by atoms with van der Waals surface area (Å²) in [5.41, 5.74) is 6.21. The molecule has 0 saturated carbocycles. The zero-order valence-electron chi connectivity index (χ0n) is 13.1. The molecule has 1 aliphatic heterocycles. The molecular formula is C17H13N3O5. The van der Waals surface area contributed by atoms with Gasteiger partial charge in [0.15, 0.2) is 0 Å². The second kappa shape index (κ2) is 6.08. The van der Waals surface area contributed by atoms with Crippen LogP contribution in [0.4, 0.5) is 5.82 Å². The van der Waals surface area contributed by atoms with E-state index in [0.717, 1.165) is 10.6 Å². The van der Waals surface area contributed by atoms with Gasteiger partial charge in [0.25, 0.3) is 17.4 Å². The van der Waals surface area contributed by atoms with Gasteiger partial charge in [0.05, 0.1) is 23.9 Å². The zero-order valence-corrected chi connectivity index (χ0v) is 13.1. The number of hydrogen-bond donors (Lipinski definition) is 2. The van der Waals surface area contributed by atoms with Crippen LogP contribution in [0.2, 0.25) is 0 Å². The molecule has 1 aromatic heterocycles. The fourth-order valence-corrected chi connectivity index (χ4v) is 2.59. The average Bonchev–Trinajstić information content (AvgIpc) is 2.87. The maximum absolute atomic E-state index is 12.5. The third kappa shape index (κ3) is 2.69. The Kier molecular flexibility index (Phi) is 3.94. The van der Waals surface area contributed by atoms with Crippen molar-refractivity contribution in [1.82, 2.24) is 9.88 Å². The SMILES string of the molecule is COC(=O)C=Cc1ccccc1-n1c(N)c2c(cc1=O)C(=O)NC2=O. The highest BCUT2D eigenvalue weighted by Crippen LogP contribution is 2.24. The first kappa shape index (κ1) is 16.2. The van der Waals surface area contributed by atoms with Gasteiger partial charge in [0.1, 0.15) is 5.82 Å². The number of carbonyl (C=O) groups is 3. The Morgan fingerprint density at radius 2 is 1.92 bits per heavy atom. The van der Waals surface area contributed by atoms with Crippen molar-refractivity contribution in [1.29, 1.82) is 0 Å². The van der Waals surface area contributed by atoms with Crippen LogP contribution in [0, 0.1) is 0 Å². The number of nitrogens with one attached hydrogen (secondary N) is 1. The molecule has 2 amide bonds. The summed E-state index contributed by atoms with van der Waals surface area (Å²) in [6.45, 7) is 0. The first-order valence-corrected chi connectivity index (χ1v) is 7.20. The van der Waals surface area contributed by atoms with Gasteiger partial charge >= 0.3 is 5.97 Å². The molecule has 0 fully saturated rings.